The molecule has 5 heteroatoms. The fourth-order valence-electron chi connectivity index (χ4n) is 1.70. The van der Waals surface area contributed by atoms with Gasteiger partial charge in [0.05, 0.1) is 18.2 Å². The van der Waals surface area contributed by atoms with Crippen LogP contribution in [0.15, 0.2) is 48.5 Å². The van der Waals surface area contributed by atoms with Crippen LogP contribution in [0.4, 0.5) is 10.1 Å². The van der Waals surface area contributed by atoms with Crippen molar-refractivity contribution in [3.8, 4) is 0 Å². The zero-order valence-corrected chi connectivity index (χ0v) is 10.7. The minimum absolute atomic E-state index is 0.176. The van der Waals surface area contributed by atoms with Gasteiger partial charge in [-0.25, -0.2) is 9.18 Å². The van der Waals surface area contributed by atoms with Crippen LogP contribution < -0.4 is 5.32 Å². The summed E-state index contributed by atoms with van der Waals surface area (Å²) >= 11 is 0. The molecule has 0 heterocycles. The summed E-state index contributed by atoms with van der Waals surface area (Å²) in [5.41, 5.74) is 0.814. The van der Waals surface area contributed by atoms with E-state index in [9.17, 15) is 14.0 Å². The van der Waals surface area contributed by atoms with Crippen molar-refractivity contribution < 1.29 is 18.7 Å². The summed E-state index contributed by atoms with van der Waals surface area (Å²) in [6.07, 6.45) is 0. The lowest BCUT2D eigenvalue weighted by atomic mass is 10.1. The predicted molar refractivity (Wildman–Crippen MR) is 72.1 cm³/mol. The maximum atomic E-state index is 12.8. The lowest BCUT2D eigenvalue weighted by Gasteiger charge is -2.08. The highest BCUT2D eigenvalue weighted by molar-refractivity contribution is 6.10. The van der Waals surface area contributed by atoms with Gasteiger partial charge in [-0.2, -0.15) is 0 Å². The van der Waals surface area contributed by atoms with Gasteiger partial charge in [0.2, 0.25) is 0 Å². The van der Waals surface area contributed by atoms with Gasteiger partial charge in [0, 0.05) is 5.69 Å². The quantitative estimate of drug-likeness (QED) is 0.875. The fraction of sp³-hybridized carbons (Fsp3) is 0.0667. The van der Waals surface area contributed by atoms with Gasteiger partial charge in [0.25, 0.3) is 5.91 Å². The Bertz CT molecular complexity index is 638. The Morgan fingerprint density at radius 2 is 1.60 bits per heavy atom. The van der Waals surface area contributed by atoms with E-state index in [1.807, 2.05) is 0 Å². The Kier molecular flexibility index (Phi) is 4.10. The number of methoxy groups -OCH3 is 1. The van der Waals surface area contributed by atoms with Crippen molar-refractivity contribution in [3.05, 3.63) is 65.5 Å². The minimum Gasteiger partial charge on any atom is -0.465 e. The Labute approximate surface area is 115 Å². The number of amides is 1. The molecule has 1 N–H and O–H groups in total. The number of benzene rings is 2. The average molecular weight is 273 g/mol. The maximum Gasteiger partial charge on any atom is 0.338 e. The lowest BCUT2D eigenvalue weighted by Crippen LogP contribution is -2.17. The normalized spacial score (nSPS) is 9.90. The van der Waals surface area contributed by atoms with Crippen LogP contribution in [0.3, 0.4) is 0 Å². The van der Waals surface area contributed by atoms with Gasteiger partial charge in [-0.05, 0) is 36.4 Å². The van der Waals surface area contributed by atoms with Crippen LogP contribution in [0, 0.1) is 5.82 Å². The second-order valence-electron chi connectivity index (χ2n) is 4.00. The second-order valence-corrected chi connectivity index (χ2v) is 4.00. The summed E-state index contributed by atoms with van der Waals surface area (Å²) in [5.74, 6) is -1.44. The molecule has 4 nitrogen and oxygen atoms in total. The molecule has 0 aromatic heterocycles. The number of hydrogen-bond acceptors (Lipinski definition) is 3. The molecule has 0 bridgehead atoms. The van der Waals surface area contributed by atoms with Crippen molar-refractivity contribution in [1.82, 2.24) is 0 Å². The van der Waals surface area contributed by atoms with Crippen molar-refractivity contribution in [3.63, 3.8) is 0 Å². The third-order valence-corrected chi connectivity index (χ3v) is 2.68. The van der Waals surface area contributed by atoms with E-state index in [1.165, 1.54) is 43.5 Å². The first-order valence-corrected chi connectivity index (χ1v) is 5.86. The van der Waals surface area contributed by atoms with E-state index in [4.69, 9.17) is 0 Å². The molecule has 0 atom stereocenters. The van der Waals surface area contributed by atoms with Crippen LogP contribution in [0.25, 0.3) is 0 Å². The van der Waals surface area contributed by atoms with Gasteiger partial charge in [-0.1, -0.05) is 12.1 Å². The highest BCUT2D eigenvalue weighted by Crippen LogP contribution is 2.14. The molecule has 2 aromatic rings. The molecule has 0 unspecified atom stereocenters. The standard InChI is InChI=1S/C15H12FNO3/c1-20-15(19)13-5-3-2-4-12(13)14(18)17-11-8-6-10(16)7-9-11/h2-9H,1H3,(H,17,18). The van der Waals surface area contributed by atoms with E-state index < -0.39 is 17.7 Å². The number of halogens is 1. The molecular weight excluding hydrogens is 261 g/mol. The van der Waals surface area contributed by atoms with Crippen LogP contribution in [0.1, 0.15) is 20.7 Å². The van der Waals surface area contributed by atoms with E-state index in [-0.39, 0.29) is 11.1 Å². The van der Waals surface area contributed by atoms with Crippen molar-refractivity contribution in [2.24, 2.45) is 0 Å². The summed E-state index contributed by atoms with van der Waals surface area (Å²) in [6.45, 7) is 0. The van der Waals surface area contributed by atoms with Crippen LogP contribution in [0.2, 0.25) is 0 Å². The van der Waals surface area contributed by atoms with E-state index in [1.54, 1.807) is 12.1 Å². The summed E-state index contributed by atoms with van der Waals surface area (Å²) < 4.78 is 17.4. The van der Waals surface area contributed by atoms with Gasteiger partial charge < -0.3 is 10.1 Å². The van der Waals surface area contributed by atoms with Gasteiger partial charge >= 0.3 is 5.97 Å². The number of rotatable bonds is 3. The lowest BCUT2D eigenvalue weighted by molar-refractivity contribution is 0.0597. The zero-order valence-electron chi connectivity index (χ0n) is 10.7. The van der Waals surface area contributed by atoms with Crippen molar-refractivity contribution in [2.75, 3.05) is 12.4 Å². The first-order chi connectivity index (χ1) is 9.61. The molecular formula is C15H12FNO3. The van der Waals surface area contributed by atoms with Gasteiger partial charge in [0.15, 0.2) is 0 Å². The molecule has 0 radical (unpaired) electrons. The molecule has 102 valence electrons. The zero-order chi connectivity index (χ0) is 14.5. The number of nitrogens with one attached hydrogen (secondary N) is 1. The summed E-state index contributed by atoms with van der Waals surface area (Å²) in [7, 11) is 1.25. The molecule has 1 amide bonds. The van der Waals surface area contributed by atoms with E-state index in [0.717, 1.165) is 0 Å². The minimum atomic E-state index is -0.588. The number of carbonyl (C=O) groups is 2. The molecule has 0 fully saturated rings. The van der Waals surface area contributed by atoms with Crippen LogP contribution in [0.5, 0.6) is 0 Å². The number of hydrogen-bond donors (Lipinski definition) is 1. The Morgan fingerprint density at radius 3 is 2.20 bits per heavy atom. The molecule has 0 aliphatic carbocycles. The topological polar surface area (TPSA) is 55.4 Å². The van der Waals surface area contributed by atoms with Crippen LogP contribution in [-0.4, -0.2) is 19.0 Å². The van der Waals surface area contributed by atoms with Crippen molar-refractivity contribution in [1.29, 1.82) is 0 Å². The molecule has 20 heavy (non-hydrogen) atoms. The van der Waals surface area contributed by atoms with Gasteiger partial charge in [-0.3, -0.25) is 4.79 Å². The van der Waals surface area contributed by atoms with Gasteiger partial charge in [-0.15, -0.1) is 0 Å². The molecule has 2 rings (SSSR count). The Morgan fingerprint density at radius 1 is 1.00 bits per heavy atom. The highest BCUT2D eigenvalue weighted by atomic mass is 19.1. The summed E-state index contributed by atoms with van der Waals surface area (Å²) in [4.78, 5) is 23.7. The third-order valence-electron chi connectivity index (χ3n) is 2.68. The van der Waals surface area contributed by atoms with Gasteiger partial charge in [0.1, 0.15) is 5.82 Å². The molecule has 0 saturated carbocycles. The SMILES string of the molecule is COC(=O)c1ccccc1C(=O)Nc1ccc(F)cc1. The molecule has 2 aromatic carbocycles. The largest absolute Gasteiger partial charge is 0.465 e. The predicted octanol–water partition coefficient (Wildman–Crippen LogP) is 2.86. The Hall–Kier alpha value is -2.69. The number of ether oxygens (including phenoxy) is 1. The van der Waals surface area contributed by atoms with E-state index >= 15 is 0 Å². The smallest absolute Gasteiger partial charge is 0.338 e. The highest BCUT2D eigenvalue weighted by Gasteiger charge is 2.16. The molecule has 0 spiro atoms. The monoisotopic (exact) mass is 273 g/mol. The fourth-order valence-corrected chi connectivity index (χ4v) is 1.70. The van der Waals surface area contributed by atoms with Crippen LogP contribution >= 0.6 is 0 Å². The average Bonchev–Trinajstić information content (AvgIpc) is 2.48. The molecule has 0 aliphatic heterocycles. The number of carbonyl (C=O) groups excluding carboxylic acids is 2. The third kappa shape index (κ3) is 3.00. The summed E-state index contributed by atoms with van der Waals surface area (Å²) in [5, 5.41) is 2.59. The first-order valence-electron chi connectivity index (χ1n) is 5.86. The van der Waals surface area contributed by atoms with Crippen molar-refractivity contribution in [2.45, 2.75) is 0 Å². The molecule has 0 saturated heterocycles. The Balaban J connectivity index is 2.25. The molecule has 0 aliphatic rings. The van der Waals surface area contributed by atoms with E-state index in [0.29, 0.717) is 5.69 Å². The van der Waals surface area contributed by atoms with Crippen LogP contribution in [-0.2, 0) is 4.74 Å². The van der Waals surface area contributed by atoms with Crippen molar-refractivity contribution >= 4 is 17.6 Å². The van der Waals surface area contributed by atoms with E-state index in [2.05, 4.69) is 10.1 Å². The second kappa shape index (κ2) is 5.97. The number of anilines is 1. The maximum absolute atomic E-state index is 12.8. The number of esters is 1. The first kappa shape index (κ1) is 13.7. The summed E-state index contributed by atoms with van der Waals surface area (Å²) in [6, 6.07) is 11.7.